The van der Waals surface area contributed by atoms with E-state index in [-0.39, 0.29) is 11.6 Å². The Balaban J connectivity index is 2.34. The van der Waals surface area contributed by atoms with Crippen LogP contribution in [0.4, 0.5) is 4.39 Å². The van der Waals surface area contributed by atoms with Crippen LogP contribution in [0.3, 0.4) is 0 Å². The Labute approximate surface area is 111 Å². The highest BCUT2D eigenvalue weighted by Gasteiger charge is 2.23. The van der Waals surface area contributed by atoms with E-state index in [1.807, 2.05) is 0 Å². The molecule has 4 nitrogen and oxygen atoms in total. The molecule has 5 heteroatoms. The molecule has 19 heavy (non-hydrogen) atoms. The van der Waals surface area contributed by atoms with Crippen molar-refractivity contribution in [2.24, 2.45) is 5.92 Å². The topological polar surface area (TPSA) is 52.6 Å². The van der Waals surface area contributed by atoms with Gasteiger partial charge in [0.1, 0.15) is 23.3 Å². The molecular formula is C14H17FO4. The number of hydrogen-bond donors (Lipinski definition) is 0. The normalized spacial score (nSPS) is 11.7. The van der Waals surface area contributed by atoms with Gasteiger partial charge in [-0.15, -0.1) is 0 Å². The van der Waals surface area contributed by atoms with Gasteiger partial charge in [-0.2, -0.15) is 0 Å². The first-order valence-electron chi connectivity index (χ1n) is 6.01. The van der Waals surface area contributed by atoms with E-state index < -0.39 is 11.9 Å². The van der Waals surface area contributed by atoms with Gasteiger partial charge in [-0.3, -0.25) is 9.59 Å². The van der Waals surface area contributed by atoms with Crippen molar-refractivity contribution in [2.45, 2.75) is 19.8 Å². The number of carbonyl (C=O) groups is 2. The van der Waals surface area contributed by atoms with Gasteiger partial charge in [0.2, 0.25) is 0 Å². The van der Waals surface area contributed by atoms with Crippen LogP contribution in [0.5, 0.6) is 5.75 Å². The number of ketones is 1. The van der Waals surface area contributed by atoms with Crippen molar-refractivity contribution in [1.29, 1.82) is 0 Å². The lowest BCUT2D eigenvalue weighted by atomic mass is 10.00. The molecule has 0 aliphatic rings. The highest BCUT2D eigenvalue weighted by atomic mass is 19.1. The van der Waals surface area contributed by atoms with Gasteiger partial charge in [-0.1, -0.05) is 0 Å². The molecule has 0 heterocycles. The van der Waals surface area contributed by atoms with Gasteiger partial charge in [0, 0.05) is 0 Å². The third-order valence-corrected chi connectivity index (χ3v) is 2.70. The fourth-order valence-electron chi connectivity index (χ4n) is 1.64. The molecular weight excluding hydrogens is 251 g/mol. The number of methoxy groups -OCH3 is 1. The molecule has 0 amide bonds. The zero-order valence-electron chi connectivity index (χ0n) is 11.0. The summed E-state index contributed by atoms with van der Waals surface area (Å²) in [5.41, 5.74) is 0. The number of benzene rings is 1. The Morgan fingerprint density at radius 3 is 2.42 bits per heavy atom. The van der Waals surface area contributed by atoms with E-state index in [1.54, 1.807) is 0 Å². The minimum absolute atomic E-state index is 0.214. The average Bonchev–Trinajstić information content (AvgIpc) is 2.39. The van der Waals surface area contributed by atoms with Gasteiger partial charge in [0.25, 0.3) is 0 Å². The van der Waals surface area contributed by atoms with Gasteiger partial charge in [0.15, 0.2) is 0 Å². The van der Waals surface area contributed by atoms with Crippen molar-refractivity contribution < 1.29 is 23.5 Å². The summed E-state index contributed by atoms with van der Waals surface area (Å²) in [6.45, 7) is 1.72. The zero-order valence-corrected chi connectivity index (χ0v) is 11.0. The van der Waals surface area contributed by atoms with E-state index in [1.165, 1.54) is 38.3 Å². The summed E-state index contributed by atoms with van der Waals surface area (Å²) in [4.78, 5) is 22.6. The largest absolute Gasteiger partial charge is 0.494 e. The first-order valence-corrected chi connectivity index (χ1v) is 6.01. The molecule has 0 saturated heterocycles. The second kappa shape index (κ2) is 7.51. The molecule has 0 radical (unpaired) electrons. The van der Waals surface area contributed by atoms with Crippen LogP contribution in [-0.4, -0.2) is 25.5 Å². The van der Waals surface area contributed by atoms with Crippen LogP contribution in [0.15, 0.2) is 24.3 Å². The van der Waals surface area contributed by atoms with Crippen molar-refractivity contribution >= 4 is 11.8 Å². The Hall–Kier alpha value is -1.91. The molecule has 1 aromatic carbocycles. The zero-order chi connectivity index (χ0) is 14.3. The molecule has 0 bridgehead atoms. The van der Waals surface area contributed by atoms with Crippen LogP contribution in [0.2, 0.25) is 0 Å². The fraction of sp³-hybridized carbons (Fsp3) is 0.429. The third kappa shape index (κ3) is 5.07. The quantitative estimate of drug-likeness (QED) is 0.433. The summed E-state index contributed by atoms with van der Waals surface area (Å²) in [6, 6.07) is 5.67. The van der Waals surface area contributed by atoms with Crippen LogP contribution in [-0.2, 0) is 14.3 Å². The maximum Gasteiger partial charge on any atom is 0.316 e. The molecule has 104 valence electrons. The second-order valence-corrected chi connectivity index (χ2v) is 4.13. The molecule has 0 aromatic heterocycles. The van der Waals surface area contributed by atoms with Crippen molar-refractivity contribution in [2.75, 3.05) is 13.7 Å². The predicted octanol–water partition coefficient (Wildman–Crippen LogP) is 2.36. The van der Waals surface area contributed by atoms with Crippen molar-refractivity contribution in [3.63, 3.8) is 0 Å². The van der Waals surface area contributed by atoms with Crippen LogP contribution in [0.1, 0.15) is 19.8 Å². The minimum Gasteiger partial charge on any atom is -0.494 e. The van der Waals surface area contributed by atoms with Crippen molar-refractivity contribution in [3.05, 3.63) is 30.1 Å². The third-order valence-electron chi connectivity index (χ3n) is 2.70. The Bertz CT molecular complexity index is 428. The second-order valence-electron chi connectivity index (χ2n) is 4.13. The molecule has 0 fully saturated rings. The molecule has 1 unspecified atom stereocenters. The molecule has 0 N–H and O–H groups in total. The average molecular weight is 268 g/mol. The summed E-state index contributed by atoms with van der Waals surface area (Å²) in [5, 5.41) is 0. The van der Waals surface area contributed by atoms with E-state index in [0.29, 0.717) is 25.2 Å². The van der Waals surface area contributed by atoms with E-state index >= 15 is 0 Å². The first-order chi connectivity index (χ1) is 9.04. The Morgan fingerprint density at radius 1 is 1.26 bits per heavy atom. The number of hydrogen-bond acceptors (Lipinski definition) is 4. The molecule has 0 saturated carbocycles. The number of esters is 1. The highest BCUT2D eigenvalue weighted by Crippen LogP contribution is 2.14. The van der Waals surface area contributed by atoms with Crippen LogP contribution in [0, 0.1) is 11.7 Å². The number of halogens is 1. The smallest absolute Gasteiger partial charge is 0.316 e. The van der Waals surface area contributed by atoms with Crippen LogP contribution < -0.4 is 4.74 Å². The van der Waals surface area contributed by atoms with Gasteiger partial charge in [-0.05, 0) is 44.0 Å². The summed E-state index contributed by atoms with van der Waals surface area (Å²) in [5.74, 6) is -1.24. The van der Waals surface area contributed by atoms with E-state index in [9.17, 15) is 14.0 Å². The molecule has 0 aliphatic heterocycles. The summed E-state index contributed by atoms with van der Waals surface area (Å²) in [7, 11) is 1.26. The maximum atomic E-state index is 12.7. The van der Waals surface area contributed by atoms with Crippen molar-refractivity contribution in [3.8, 4) is 5.75 Å². The maximum absolute atomic E-state index is 12.7. The standard InChI is InChI=1S/C14H17FO4/c1-10(16)13(14(17)18-2)4-3-9-19-12-7-5-11(15)6-8-12/h5-8,13H,3-4,9H2,1-2H3. The highest BCUT2D eigenvalue weighted by molar-refractivity contribution is 5.97. The Kier molecular flexibility index (Phi) is 5.99. The molecule has 1 atom stereocenters. The van der Waals surface area contributed by atoms with Gasteiger partial charge in [0.05, 0.1) is 13.7 Å². The van der Waals surface area contributed by atoms with E-state index in [4.69, 9.17) is 4.74 Å². The lowest BCUT2D eigenvalue weighted by molar-refractivity contribution is -0.149. The van der Waals surface area contributed by atoms with Gasteiger partial charge >= 0.3 is 5.97 Å². The van der Waals surface area contributed by atoms with Gasteiger partial charge < -0.3 is 9.47 Å². The SMILES string of the molecule is COC(=O)C(CCCOc1ccc(F)cc1)C(C)=O. The summed E-state index contributed by atoms with van der Waals surface area (Å²) in [6.07, 6.45) is 0.917. The summed E-state index contributed by atoms with van der Waals surface area (Å²) >= 11 is 0. The Morgan fingerprint density at radius 2 is 1.89 bits per heavy atom. The summed E-state index contributed by atoms with van der Waals surface area (Å²) < 4.78 is 22.6. The number of rotatable bonds is 7. The van der Waals surface area contributed by atoms with E-state index in [2.05, 4.69) is 4.74 Å². The van der Waals surface area contributed by atoms with Gasteiger partial charge in [-0.25, -0.2) is 4.39 Å². The lowest BCUT2D eigenvalue weighted by Gasteiger charge is -2.11. The number of carbonyl (C=O) groups excluding carboxylic acids is 2. The molecule has 1 aromatic rings. The lowest BCUT2D eigenvalue weighted by Crippen LogP contribution is -2.23. The minimum atomic E-state index is -0.734. The number of Topliss-reactive ketones (excluding diaryl/α,β-unsaturated/α-hetero) is 1. The van der Waals surface area contributed by atoms with Crippen molar-refractivity contribution in [1.82, 2.24) is 0 Å². The van der Waals surface area contributed by atoms with Crippen LogP contribution in [0.25, 0.3) is 0 Å². The van der Waals surface area contributed by atoms with Crippen LogP contribution >= 0.6 is 0 Å². The predicted molar refractivity (Wildman–Crippen MR) is 67.3 cm³/mol. The fourth-order valence-corrected chi connectivity index (χ4v) is 1.64. The monoisotopic (exact) mass is 268 g/mol. The molecule has 1 rings (SSSR count). The molecule has 0 aliphatic carbocycles. The number of ether oxygens (including phenoxy) is 2. The molecule has 0 spiro atoms. The van der Waals surface area contributed by atoms with E-state index in [0.717, 1.165) is 0 Å². The first kappa shape index (κ1) is 15.1.